The molecule has 132 valence electrons. The second kappa shape index (κ2) is 6.00. The van der Waals surface area contributed by atoms with Crippen LogP contribution in [0.3, 0.4) is 0 Å². The summed E-state index contributed by atoms with van der Waals surface area (Å²) in [5.41, 5.74) is 2.35. The number of hydrogen-bond acceptors (Lipinski definition) is 4. The van der Waals surface area contributed by atoms with Crippen molar-refractivity contribution in [3.05, 3.63) is 72.4 Å². The molecule has 2 aromatic carbocycles. The summed E-state index contributed by atoms with van der Waals surface area (Å²) in [6, 6.07) is 18.8. The van der Waals surface area contributed by atoms with E-state index in [0.29, 0.717) is 0 Å². The third-order valence-corrected chi connectivity index (χ3v) is 5.08. The largest absolute Gasteiger partial charge is 0.419 e. The van der Waals surface area contributed by atoms with Gasteiger partial charge in [-0.2, -0.15) is 0 Å². The molecule has 2 atom stereocenters. The molecule has 2 heterocycles. The van der Waals surface area contributed by atoms with Crippen molar-refractivity contribution in [1.82, 2.24) is 9.60 Å². The van der Waals surface area contributed by atoms with Crippen LogP contribution in [0.2, 0.25) is 0 Å². The molecule has 0 radical (unpaired) electrons. The maximum absolute atomic E-state index is 13.1. The van der Waals surface area contributed by atoms with Crippen LogP contribution in [0.1, 0.15) is 6.92 Å². The van der Waals surface area contributed by atoms with E-state index < -0.39 is 12.3 Å². The number of cyclic esters (lactones) is 1. The number of ether oxygens (including phenoxy) is 1. The van der Waals surface area contributed by atoms with Gasteiger partial charge >= 0.3 is 12.0 Å². The average molecular weight is 350 g/mol. The Labute approximate surface area is 152 Å². The lowest BCUT2D eigenvalue weighted by molar-refractivity contribution is -0.147. The first kappa shape index (κ1) is 16.4. The number of hydrogen-bond donors (Lipinski definition) is 0. The number of para-hydroxylation sites is 2. The highest BCUT2D eigenvalue weighted by molar-refractivity contribution is 6.01. The molecule has 4 rings (SSSR count). The molecule has 6 heteroatoms. The maximum atomic E-state index is 13.1. The molecular weight excluding hydrogens is 330 g/mol. The van der Waals surface area contributed by atoms with Crippen molar-refractivity contribution in [3.8, 4) is 0 Å². The number of quaternary nitrogens is 1. The number of carbonyl (C=O) groups excluding carboxylic acids is 2. The average Bonchev–Trinajstić information content (AvgIpc) is 3.15. The molecule has 2 aliphatic heterocycles. The van der Waals surface area contributed by atoms with Crippen LogP contribution in [0.4, 0.5) is 16.2 Å². The number of anilines is 1. The maximum Gasteiger partial charge on any atom is 0.419 e. The first-order chi connectivity index (χ1) is 12.5. The molecule has 0 bridgehead atoms. The minimum absolute atomic E-state index is 0.121. The number of carbonyl (C=O) groups is 2. The number of allylic oxidation sites excluding steroid dienone is 1. The van der Waals surface area contributed by atoms with Crippen molar-refractivity contribution >= 4 is 23.4 Å². The molecule has 26 heavy (non-hydrogen) atoms. The lowest BCUT2D eigenvalue weighted by Gasteiger charge is -2.40. The molecule has 1 saturated heterocycles. The smallest absolute Gasteiger partial charge is 0.390 e. The predicted molar refractivity (Wildman–Crippen MR) is 98.8 cm³/mol. The molecule has 0 saturated carbocycles. The summed E-state index contributed by atoms with van der Waals surface area (Å²) in [6.07, 6.45) is 0.489. The third-order valence-electron chi connectivity index (χ3n) is 5.08. The molecule has 0 aromatic heterocycles. The minimum Gasteiger partial charge on any atom is -0.390 e. The Morgan fingerprint density at radius 1 is 1.00 bits per heavy atom. The fourth-order valence-electron chi connectivity index (χ4n) is 3.69. The van der Waals surface area contributed by atoms with E-state index in [1.165, 1.54) is 0 Å². The molecule has 2 amide bonds. The number of rotatable bonds is 3. The van der Waals surface area contributed by atoms with Crippen LogP contribution in [0, 0.1) is 0 Å². The molecule has 0 aliphatic carbocycles. The van der Waals surface area contributed by atoms with Gasteiger partial charge in [-0.3, -0.25) is 4.90 Å². The molecule has 0 spiro atoms. The van der Waals surface area contributed by atoms with Crippen molar-refractivity contribution in [1.29, 1.82) is 0 Å². The second-order valence-corrected chi connectivity index (χ2v) is 6.45. The van der Waals surface area contributed by atoms with Gasteiger partial charge in [0.25, 0.3) is 6.23 Å². The van der Waals surface area contributed by atoms with E-state index in [1.807, 2.05) is 79.6 Å². The van der Waals surface area contributed by atoms with E-state index in [9.17, 15) is 9.59 Å². The van der Waals surface area contributed by atoms with Crippen LogP contribution in [0.25, 0.3) is 0 Å². The van der Waals surface area contributed by atoms with Gasteiger partial charge in [-0.15, -0.1) is 0 Å². The first-order valence-corrected chi connectivity index (χ1v) is 8.49. The SMILES string of the molecule is CC1=CC(=O)[N+](c2ccccc2)(C2CN(c3ccccc3)C(=O)O2)N1C. The van der Waals surface area contributed by atoms with Gasteiger partial charge in [0.15, 0.2) is 5.69 Å². The fraction of sp³-hybridized carbons (Fsp3) is 0.200. The highest BCUT2D eigenvalue weighted by Crippen LogP contribution is 2.39. The van der Waals surface area contributed by atoms with Crippen LogP contribution in [-0.2, 0) is 9.53 Å². The van der Waals surface area contributed by atoms with Gasteiger partial charge in [-0.25, -0.2) is 14.6 Å². The third kappa shape index (κ3) is 2.23. The summed E-state index contributed by atoms with van der Waals surface area (Å²) < 4.78 is 5.54. The lowest BCUT2D eigenvalue weighted by atomic mass is 10.2. The van der Waals surface area contributed by atoms with E-state index in [4.69, 9.17) is 4.74 Å². The summed E-state index contributed by atoms with van der Waals surface area (Å²) in [5, 5.41) is 1.87. The summed E-state index contributed by atoms with van der Waals surface area (Å²) >= 11 is 0. The monoisotopic (exact) mass is 350 g/mol. The van der Waals surface area contributed by atoms with E-state index >= 15 is 0 Å². The van der Waals surface area contributed by atoms with Crippen molar-refractivity contribution in [2.24, 2.45) is 0 Å². The highest BCUT2D eigenvalue weighted by atomic mass is 16.6. The van der Waals surface area contributed by atoms with Crippen LogP contribution >= 0.6 is 0 Å². The summed E-state index contributed by atoms with van der Waals surface area (Å²) in [4.78, 5) is 27.2. The zero-order valence-corrected chi connectivity index (χ0v) is 14.7. The van der Waals surface area contributed by atoms with E-state index in [1.54, 1.807) is 11.0 Å². The van der Waals surface area contributed by atoms with E-state index in [2.05, 4.69) is 0 Å². The Bertz CT molecular complexity index is 882. The van der Waals surface area contributed by atoms with E-state index in [0.717, 1.165) is 17.1 Å². The zero-order valence-electron chi connectivity index (χ0n) is 14.7. The molecule has 2 unspecified atom stereocenters. The van der Waals surface area contributed by atoms with Crippen LogP contribution in [0.15, 0.2) is 72.4 Å². The predicted octanol–water partition coefficient (Wildman–Crippen LogP) is 3.27. The van der Waals surface area contributed by atoms with Crippen LogP contribution < -0.4 is 9.49 Å². The quantitative estimate of drug-likeness (QED) is 0.797. The second-order valence-electron chi connectivity index (χ2n) is 6.45. The van der Waals surface area contributed by atoms with Crippen molar-refractivity contribution in [3.63, 3.8) is 0 Å². The normalized spacial score (nSPS) is 25.5. The van der Waals surface area contributed by atoms with Gasteiger partial charge in [0, 0.05) is 17.8 Å². The standard InChI is InChI=1S/C20H20N3O3/c1-15-13-18(24)23(21(15)2,17-11-7-4-8-12-17)19-14-22(20(25)26-19)16-9-5-3-6-10-16/h3-13,19H,14H2,1-2H3/q+1. The Morgan fingerprint density at radius 3 is 2.19 bits per heavy atom. The van der Waals surface area contributed by atoms with Gasteiger partial charge in [0.1, 0.15) is 6.54 Å². The van der Waals surface area contributed by atoms with Crippen molar-refractivity contribution in [2.75, 3.05) is 18.5 Å². The first-order valence-electron chi connectivity index (χ1n) is 8.49. The zero-order chi connectivity index (χ0) is 18.3. The van der Waals surface area contributed by atoms with Gasteiger partial charge in [-0.1, -0.05) is 41.0 Å². The lowest BCUT2D eigenvalue weighted by Crippen LogP contribution is -2.66. The van der Waals surface area contributed by atoms with E-state index in [-0.39, 0.29) is 17.0 Å². The Kier molecular flexibility index (Phi) is 3.77. The van der Waals surface area contributed by atoms with Crippen molar-refractivity contribution in [2.45, 2.75) is 13.2 Å². The molecule has 2 aliphatic rings. The highest BCUT2D eigenvalue weighted by Gasteiger charge is 2.59. The number of nitrogens with zero attached hydrogens (tertiary/aromatic N) is 3. The Morgan fingerprint density at radius 2 is 1.62 bits per heavy atom. The molecular formula is C20H20N3O3+. The van der Waals surface area contributed by atoms with Crippen LogP contribution in [-0.4, -0.2) is 36.8 Å². The summed E-state index contributed by atoms with van der Waals surface area (Å²) in [7, 11) is 1.85. The topological polar surface area (TPSA) is 49.9 Å². The fourth-order valence-corrected chi connectivity index (χ4v) is 3.69. The van der Waals surface area contributed by atoms with Gasteiger partial charge < -0.3 is 4.74 Å². The molecule has 6 nitrogen and oxygen atoms in total. The van der Waals surface area contributed by atoms with Gasteiger partial charge in [0.2, 0.25) is 0 Å². The van der Waals surface area contributed by atoms with Crippen LogP contribution in [0.5, 0.6) is 0 Å². The van der Waals surface area contributed by atoms with Gasteiger partial charge in [-0.05, 0) is 19.1 Å². The Balaban J connectivity index is 1.78. The molecule has 1 fully saturated rings. The summed E-state index contributed by atoms with van der Waals surface area (Å²) in [6.45, 7) is 2.17. The number of amides is 2. The Hall–Kier alpha value is -3.12. The molecule has 0 N–H and O–H groups in total. The van der Waals surface area contributed by atoms with Gasteiger partial charge in [0.05, 0.1) is 18.8 Å². The molecule has 2 aromatic rings. The number of benzene rings is 2. The minimum atomic E-state index is -0.670. The summed E-state index contributed by atoms with van der Waals surface area (Å²) in [5.74, 6) is -0.121. The van der Waals surface area contributed by atoms with Crippen molar-refractivity contribution < 1.29 is 14.3 Å².